The third-order valence-corrected chi connectivity index (χ3v) is 2.29. The molecule has 2 aliphatic heterocycles. The molecule has 2 unspecified atom stereocenters. The zero-order valence-corrected chi connectivity index (χ0v) is 5.64. The molecule has 2 saturated heterocycles. The molecule has 0 amide bonds. The second kappa shape index (κ2) is 1.96. The highest BCUT2D eigenvalue weighted by Gasteiger charge is 2.27. The maximum absolute atomic E-state index is 3.93. The molecule has 2 fully saturated rings. The van der Waals surface area contributed by atoms with Crippen LogP contribution in [0.2, 0.25) is 0 Å². The van der Waals surface area contributed by atoms with Crippen LogP contribution in [0.15, 0.2) is 0 Å². The molecular weight excluding hydrogens is 112 g/mol. The molecule has 0 saturated carbocycles. The molecule has 0 aromatic heterocycles. The molecule has 2 bridgehead atoms. The number of rotatable bonds is 0. The smallest absolute Gasteiger partial charge is 0.0174 e. The Labute approximate surface area is 56.2 Å². The minimum absolute atomic E-state index is 0.751. The van der Waals surface area contributed by atoms with Crippen LogP contribution in [0.25, 0.3) is 0 Å². The van der Waals surface area contributed by atoms with Crippen molar-refractivity contribution in [2.24, 2.45) is 0 Å². The van der Waals surface area contributed by atoms with Crippen molar-refractivity contribution in [3.8, 4) is 0 Å². The van der Waals surface area contributed by atoms with E-state index < -0.39 is 0 Å². The third-order valence-electron chi connectivity index (χ3n) is 2.29. The number of hydrogen-bond donors (Lipinski definition) is 1. The molecule has 52 valence electrons. The lowest BCUT2D eigenvalue weighted by molar-refractivity contribution is 0.258. The van der Waals surface area contributed by atoms with E-state index in [1.54, 1.807) is 0 Å². The van der Waals surface area contributed by atoms with Gasteiger partial charge in [-0.2, -0.15) is 0 Å². The van der Waals surface area contributed by atoms with Crippen LogP contribution >= 0.6 is 0 Å². The fraction of sp³-hybridized carbons (Fsp3) is 0.857. The van der Waals surface area contributed by atoms with E-state index in [1.807, 2.05) is 0 Å². The SMILES string of the molecule is [CH2-]N1CC2CCC(C1)N2. The second-order valence-corrected chi connectivity index (χ2v) is 3.17. The average molecular weight is 125 g/mol. The van der Waals surface area contributed by atoms with Gasteiger partial charge in [-0.3, -0.25) is 7.05 Å². The van der Waals surface area contributed by atoms with Crippen molar-refractivity contribution >= 4 is 0 Å². The van der Waals surface area contributed by atoms with Crippen LogP contribution in [0.1, 0.15) is 12.8 Å². The van der Waals surface area contributed by atoms with Crippen LogP contribution in [0.5, 0.6) is 0 Å². The van der Waals surface area contributed by atoms with Gasteiger partial charge in [0.1, 0.15) is 0 Å². The summed E-state index contributed by atoms with van der Waals surface area (Å²) in [7, 11) is 3.93. The molecule has 0 aromatic carbocycles. The van der Waals surface area contributed by atoms with Crippen molar-refractivity contribution < 1.29 is 0 Å². The van der Waals surface area contributed by atoms with Crippen LogP contribution < -0.4 is 5.32 Å². The molecule has 2 rings (SSSR count). The van der Waals surface area contributed by atoms with Gasteiger partial charge in [-0.1, -0.05) is 0 Å². The van der Waals surface area contributed by atoms with Crippen LogP contribution in [0.4, 0.5) is 0 Å². The Morgan fingerprint density at radius 2 is 1.78 bits per heavy atom. The molecule has 0 aromatic rings. The topological polar surface area (TPSA) is 15.3 Å². The first-order valence-electron chi connectivity index (χ1n) is 3.66. The Balaban J connectivity index is 2.03. The Morgan fingerprint density at radius 1 is 1.22 bits per heavy atom. The first-order valence-corrected chi connectivity index (χ1v) is 3.66. The van der Waals surface area contributed by atoms with Gasteiger partial charge in [0.25, 0.3) is 0 Å². The van der Waals surface area contributed by atoms with E-state index in [0.29, 0.717) is 0 Å². The normalized spacial score (nSPS) is 43.7. The van der Waals surface area contributed by atoms with Crippen molar-refractivity contribution in [1.29, 1.82) is 0 Å². The predicted molar refractivity (Wildman–Crippen MR) is 36.9 cm³/mol. The standard InChI is InChI=1S/C7H13N2/c1-9-4-6-2-3-7(5-9)8-6/h6-8H,1-5H2/q-1. The Bertz CT molecular complexity index is 101. The lowest BCUT2D eigenvalue weighted by Crippen LogP contribution is -2.48. The number of nitrogens with one attached hydrogen (secondary N) is 1. The van der Waals surface area contributed by atoms with Crippen molar-refractivity contribution in [1.82, 2.24) is 10.2 Å². The van der Waals surface area contributed by atoms with E-state index in [4.69, 9.17) is 0 Å². The fourth-order valence-corrected chi connectivity index (χ4v) is 1.89. The van der Waals surface area contributed by atoms with Crippen molar-refractivity contribution in [2.75, 3.05) is 13.1 Å². The van der Waals surface area contributed by atoms with Gasteiger partial charge in [0, 0.05) is 12.1 Å². The Morgan fingerprint density at radius 3 is 2.33 bits per heavy atom. The van der Waals surface area contributed by atoms with Crippen LogP contribution in [-0.2, 0) is 0 Å². The van der Waals surface area contributed by atoms with Crippen LogP contribution in [-0.4, -0.2) is 30.1 Å². The average Bonchev–Trinajstić information content (AvgIpc) is 2.11. The minimum atomic E-state index is 0.751. The van der Waals surface area contributed by atoms with Gasteiger partial charge in [-0.15, -0.1) is 0 Å². The number of likely N-dealkylation sites (tertiary alicyclic amines) is 1. The van der Waals surface area contributed by atoms with Crippen LogP contribution in [0.3, 0.4) is 0 Å². The summed E-state index contributed by atoms with van der Waals surface area (Å²) in [5.74, 6) is 0. The molecule has 2 atom stereocenters. The van der Waals surface area contributed by atoms with Crippen molar-refractivity contribution in [3.63, 3.8) is 0 Å². The second-order valence-electron chi connectivity index (χ2n) is 3.17. The van der Waals surface area contributed by atoms with Gasteiger partial charge >= 0.3 is 0 Å². The molecule has 0 radical (unpaired) electrons. The Hall–Kier alpha value is -0.0800. The van der Waals surface area contributed by atoms with Gasteiger partial charge in [0.2, 0.25) is 0 Å². The number of hydrogen-bond acceptors (Lipinski definition) is 2. The highest BCUT2D eigenvalue weighted by atomic mass is 15.2. The largest absolute Gasteiger partial charge is 0.457 e. The summed E-state index contributed by atoms with van der Waals surface area (Å²) < 4.78 is 0. The van der Waals surface area contributed by atoms with E-state index in [9.17, 15) is 0 Å². The predicted octanol–water partition coefficient (Wildman–Crippen LogP) is 0.214. The van der Waals surface area contributed by atoms with Gasteiger partial charge in [0.05, 0.1) is 0 Å². The van der Waals surface area contributed by atoms with Gasteiger partial charge in [0.15, 0.2) is 0 Å². The third kappa shape index (κ3) is 0.970. The highest BCUT2D eigenvalue weighted by Crippen LogP contribution is 2.18. The lowest BCUT2D eigenvalue weighted by Gasteiger charge is -2.35. The molecule has 2 nitrogen and oxygen atoms in total. The summed E-state index contributed by atoms with van der Waals surface area (Å²) in [6.07, 6.45) is 2.72. The summed E-state index contributed by atoms with van der Waals surface area (Å²) in [5.41, 5.74) is 0. The first-order chi connectivity index (χ1) is 4.34. The molecule has 0 spiro atoms. The molecule has 2 heterocycles. The molecular formula is C7H13N2-. The van der Waals surface area contributed by atoms with E-state index in [1.165, 1.54) is 12.8 Å². The van der Waals surface area contributed by atoms with Crippen LogP contribution in [0, 0.1) is 7.05 Å². The van der Waals surface area contributed by atoms with Gasteiger partial charge < -0.3 is 10.2 Å². The quantitative estimate of drug-likeness (QED) is 0.466. The number of fused-ring (bicyclic) bond motifs is 2. The molecule has 9 heavy (non-hydrogen) atoms. The van der Waals surface area contributed by atoms with E-state index in [-0.39, 0.29) is 0 Å². The number of nitrogens with zero attached hydrogens (tertiary/aromatic N) is 1. The van der Waals surface area contributed by atoms with Crippen molar-refractivity contribution in [2.45, 2.75) is 24.9 Å². The van der Waals surface area contributed by atoms with E-state index in [2.05, 4.69) is 17.3 Å². The fourth-order valence-electron chi connectivity index (χ4n) is 1.89. The number of piperazine rings is 1. The summed E-state index contributed by atoms with van der Waals surface area (Å²) in [4.78, 5) is 2.18. The summed E-state index contributed by atoms with van der Waals surface area (Å²) in [5, 5.41) is 3.54. The Kier molecular flexibility index (Phi) is 1.24. The van der Waals surface area contributed by atoms with Gasteiger partial charge in [-0.25, -0.2) is 0 Å². The summed E-state index contributed by atoms with van der Waals surface area (Å²) in [6, 6.07) is 1.50. The summed E-state index contributed by atoms with van der Waals surface area (Å²) >= 11 is 0. The monoisotopic (exact) mass is 125 g/mol. The molecule has 1 N–H and O–H groups in total. The zero-order chi connectivity index (χ0) is 6.27. The molecule has 2 aliphatic rings. The maximum atomic E-state index is 3.93. The first kappa shape index (κ1) is 5.69. The lowest BCUT2D eigenvalue weighted by atomic mass is 10.2. The minimum Gasteiger partial charge on any atom is -0.457 e. The molecule has 0 aliphatic carbocycles. The maximum Gasteiger partial charge on any atom is 0.0174 e. The van der Waals surface area contributed by atoms with Gasteiger partial charge in [-0.05, 0) is 25.9 Å². The van der Waals surface area contributed by atoms with Crippen molar-refractivity contribution in [3.05, 3.63) is 7.05 Å². The summed E-state index contributed by atoms with van der Waals surface area (Å²) in [6.45, 7) is 2.30. The van der Waals surface area contributed by atoms with E-state index >= 15 is 0 Å². The zero-order valence-electron chi connectivity index (χ0n) is 5.64. The van der Waals surface area contributed by atoms with E-state index in [0.717, 1.165) is 25.2 Å². The molecule has 2 heteroatoms. The highest BCUT2D eigenvalue weighted by molar-refractivity contribution is 4.92.